The molecular weight excluding hydrogens is 436 g/mol. The predicted molar refractivity (Wildman–Crippen MR) is 128 cm³/mol. The molecule has 2 aromatic carbocycles. The number of ether oxygens (including phenoxy) is 1. The first kappa shape index (κ1) is 25.3. The number of aliphatic hydroxyl groups excluding tert-OH is 2. The molecule has 10 heteroatoms. The number of nitrogens with one attached hydrogen (secondary N) is 1. The molecule has 3 N–H and O–H groups in total. The molecule has 0 fully saturated rings. The second kappa shape index (κ2) is 12.2. The van der Waals surface area contributed by atoms with E-state index in [1.165, 1.54) is 0 Å². The standard InChI is InChI=1S/C24H32N6O4/c1-4-23-26-27-28-30(23)21-13-20(19-7-5-17(2)6-8-19)14-22(15-21)34-24(33)25-18(3)16-29(9-11-31)10-12-32/h5-8,13-15,18,31-32H,4,9-12,16H2,1-3H3,(H,25,33)/t18-/m1/s1. The number of aliphatic hydroxyl groups is 2. The lowest BCUT2D eigenvalue weighted by Gasteiger charge is -2.24. The number of amides is 1. The van der Waals surface area contributed by atoms with Crippen molar-refractivity contribution in [1.82, 2.24) is 30.4 Å². The molecule has 1 atom stereocenters. The number of tetrazole rings is 1. The minimum absolute atomic E-state index is 0.0252. The van der Waals surface area contributed by atoms with Crippen molar-refractivity contribution in [2.75, 3.05) is 32.8 Å². The fraction of sp³-hybridized carbons (Fsp3) is 0.417. The maximum absolute atomic E-state index is 12.6. The highest BCUT2D eigenvalue weighted by atomic mass is 16.6. The second-order valence-electron chi connectivity index (χ2n) is 8.12. The van der Waals surface area contributed by atoms with Crippen LogP contribution in [-0.2, 0) is 6.42 Å². The number of rotatable bonds is 11. The molecule has 182 valence electrons. The van der Waals surface area contributed by atoms with E-state index in [-0.39, 0.29) is 19.3 Å². The molecule has 1 heterocycles. The van der Waals surface area contributed by atoms with Gasteiger partial charge in [0.15, 0.2) is 5.82 Å². The van der Waals surface area contributed by atoms with Gasteiger partial charge in [0.1, 0.15) is 5.75 Å². The van der Waals surface area contributed by atoms with Gasteiger partial charge in [0.05, 0.1) is 18.9 Å². The zero-order valence-corrected chi connectivity index (χ0v) is 19.8. The molecule has 3 rings (SSSR count). The van der Waals surface area contributed by atoms with Gasteiger partial charge >= 0.3 is 6.09 Å². The van der Waals surface area contributed by atoms with Crippen LogP contribution in [0.3, 0.4) is 0 Å². The summed E-state index contributed by atoms with van der Waals surface area (Å²) in [5.74, 6) is 1.05. The lowest BCUT2D eigenvalue weighted by Crippen LogP contribution is -2.44. The second-order valence-corrected chi connectivity index (χ2v) is 8.12. The van der Waals surface area contributed by atoms with Crippen molar-refractivity contribution in [3.63, 3.8) is 0 Å². The molecule has 1 aromatic heterocycles. The summed E-state index contributed by atoms with van der Waals surface area (Å²) in [4.78, 5) is 14.5. The van der Waals surface area contributed by atoms with Gasteiger partial charge in [-0.3, -0.25) is 4.90 Å². The zero-order valence-electron chi connectivity index (χ0n) is 19.8. The Kier molecular flexibility index (Phi) is 9.08. The van der Waals surface area contributed by atoms with E-state index in [0.717, 1.165) is 16.7 Å². The quantitative estimate of drug-likeness (QED) is 0.390. The molecule has 0 saturated carbocycles. The molecule has 10 nitrogen and oxygen atoms in total. The minimum Gasteiger partial charge on any atom is -0.410 e. The molecule has 1 amide bonds. The number of carbonyl (C=O) groups excluding carboxylic acids is 1. The van der Waals surface area contributed by atoms with Crippen LogP contribution < -0.4 is 10.1 Å². The summed E-state index contributed by atoms with van der Waals surface area (Å²) in [5.41, 5.74) is 3.67. The Hall–Kier alpha value is -3.34. The maximum atomic E-state index is 12.6. The molecule has 0 aliphatic rings. The summed E-state index contributed by atoms with van der Waals surface area (Å²) >= 11 is 0. The molecule has 0 unspecified atom stereocenters. The van der Waals surface area contributed by atoms with Crippen LogP contribution >= 0.6 is 0 Å². The van der Waals surface area contributed by atoms with Crippen LogP contribution in [0.15, 0.2) is 42.5 Å². The lowest BCUT2D eigenvalue weighted by molar-refractivity contribution is 0.149. The lowest BCUT2D eigenvalue weighted by atomic mass is 10.0. The van der Waals surface area contributed by atoms with Crippen molar-refractivity contribution < 1.29 is 19.7 Å². The summed E-state index contributed by atoms with van der Waals surface area (Å²) < 4.78 is 7.27. The van der Waals surface area contributed by atoms with Gasteiger partial charge in [-0.2, -0.15) is 4.68 Å². The normalized spacial score (nSPS) is 12.1. The van der Waals surface area contributed by atoms with Crippen LogP contribution in [0.4, 0.5) is 4.79 Å². The molecule has 0 saturated heterocycles. The third-order valence-corrected chi connectivity index (χ3v) is 5.31. The molecule has 0 bridgehead atoms. The number of aromatic nitrogens is 4. The predicted octanol–water partition coefficient (Wildman–Crippen LogP) is 1.96. The van der Waals surface area contributed by atoms with Gasteiger partial charge in [-0.25, -0.2) is 4.79 Å². The van der Waals surface area contributed by atoms with Crippen molar-refractivity contribution in [3.05, 3.63) is 53.9 Å². The van der Waals surface area contributed by atoms with E-state index >= 15 is 0 Å². The summed E-state index contributed by atoms with van der Waals surface area (Å²) in [7, 11) is 0. The number of hydrogen-bond acceptors (Lipinski definition) is 8. The summed E-state index contributed by atoms with van der Waals surface area (Å²) in [6.07, 6.45) is 0.0496. The molecule has 0 radical (unpaired) electrons. The number of aryl methyl sites for hydroxylation is 2. The molecule has 34 heavy (non-hydrogen) atoms. The first-order chi connectivity index (χ1) is 16.4. The molecule has 3 aromatic rings. The Bertz CT molecular complexity index is 1060. The molecule has 0 aliphatic heterocycles. The highest BCUT2D eigenvalue weighted by Crippen LogP contribution is 2.28. The smallest absolute Gasteiger partial charge is 0.410 e. The van der Waals surface area contributed by atoms with E-state index in [1.807, 2.05) is 56.0 Å². The Balaban J connectivity index is 1.82. The van der Waals surface area contributed by atoms with E-state index in [0.29, 0.717) is 43.3 Å². The Labute approximate surface area is 199 Å². The SMILES string of the molecule is CCc1nnnn1-c1cc(OC(=O)N[C@H](C)CN(CCO)CCO)cc(-c2ccc(C)cc2)c1. The van der Waals surface area contributed by atoms with Gasteiger partial charge in [0, 0.05) is 38.2 Å². The average molecular weight is 469 g/mol. The zero-order chi connectivity index (χ0) is 24.5. The van der Waals surface area contributed by atoms with Crippen molar-refractivity contribution in [2.24, 2.45) is 0 Å². The first-order valence-electron chi connectivity index (χ1n) is 11.4. The third kappa shape index (κ3) is 6.83. The van der Waals surface area contributed by atoms with E-state index in [4.69, 9.17) is 4.74 Å². The Morgan fingerprint density at radius 2 is 1.82 bits per heavy atom. The Morgan fingerprint density at radius 3 is 2.47 bits per heavy atom. The average Bonchev–Trinajstić information content (AvgIpc) is 3.28. The number of carbonyl (C=O) groups is 1. The van der Waals surface area contributed by atoms with Crippen molar-refractivity contribution in [3.8, 4) is 22.6 Å². The first-order valence-corrected chi connectivity index (χ1v) is 11.4. The number of hydrogen-bond donors (Lipinski definition) is 3. The van der Waals surface area contributed by atoms with E-state index in [2.05, 4.69) is 20.8 Å². The summed E-state index contributed by atoms with van der Waals surface area (Å²) in [6, 6.07) is 13.3. The van der Waals surface area contributed by atoms with Crippen molar-refractivity contribution >= 4 is 6.09 Å². The number of benzene rings is 2. The Morgan fingerprint density at radius 1 is 1.12 bits per heavy atom. The van der Waals surface area contributed by atoms with Gasteiger partial charge in [0.25, 0.3) is 0 Å². The monoisotopic (exact) mass is 468 g/mol. The van der Waals surface area contributed by atoms with Gasteiger partial charge in [-0.05, 0) is 47.5 Å². The highest BCUT2D eigenvalue weighted by Gasteiger charge is 2.16. The van der Waals surface area contributed by atoms with Crippen LogP contribution in [0, 0.1) is 6.92 Å². The van der Waals surface area contributed by atoms with Gasteiger partial charge in [-0.15, -0.1) is 5.10 Å². The topological polar surface area (TPSA) is 126 Å². The summed E-state index contributed by atoms with van der Waals surface area (Å²) in [5, 5.41) is 33.1. The molecular formula is C24H32N6O4. The number of nitrogens with zero attached hydrogens (tertiary/aromatic N) is 5. The van der Waals surface area contributed by atoms with Gasteiger partial charge in [0.2, 0.25) is 0 Å². The largest absolute Gasteiger partial charge is 0.412 e. The molecule has 0 aliphatic carbocycles. The summed E-state index contributed by atoms with van der Waals surface area (Å²) in [6.45, 7) is 7.07. The van der Waals surface area contributed by atoms with Crippen LogP contribution in [0.1, 0.15) is 25.2 Å². The van der Waals surface area contributed by atoms with Gasteiger partial charge < -0.3 is 20.3 Å². The van der Waals surface area contributed by atoms with Crippen LogP contribution in [0.25, 0.3) is 16.8 Å². The van der Waals surface area contributed by atoms with Crippen LogP contribution in [-0.4, -0.2) is 80.3 Å². The highest BCUT2D eigenvalue weighted by molar-refractivity contribution is 5.74. The van der Waals surface area contributed by atoms with Crippen LogP contribution in [0.2, 0.25) is 0 Å². The maximum Gasteiger partial charge on any atom is 0.412 e. The third-order valence-electron chi connectivity index (χ3n) is 5.31. The van der Waals surface area contributed by atoms with Crippen molar-refractivity contribution in [1.29, 1.82) is 0 Å². The molecule has 0 spiro atoms. The van der Waals surface area contributed by atoms with Gasteiger partial charge in [-0.1, -0.05) is 36.8 Å². The van der Waals surface area contributed by atoms with Crippen molar-refractivity contribution in [2.45, 2.75) is 33.2 Å². The van der Waals surface area contributed by atoms with E-state index in [1.54, 1.807) is 16.8 Å². The minimum atomic E-state index is -0.597. The fourth-order valence-electron chi connectivity index (χ4n) is 3.65. The fourth-order valence-corrected chi connectivity index (χ4v) is 3.65. The van der Waals surface area contributed by atoms with E-state index < -0.39 is 6.09 Å². The van der Waals surface area contributed by atoms with Crippen LogP contribution in [0.5, 0.6) is 5.75 Å². The van der Waals surface area contributed by atoms with E-state index in [9.17, 15) is 15.0 Å².